The minimum atomic E-state index is -1.09. The lowest BCUT2D eigenvalue weighted by atomic mass is 9.82. The van der Waals surface area contributed by atoms with Gasteiger partial charge < -0.3 is 0 Å². The van der Waals surface area contributed by atoms with Crippen molar-refractivity contribution in [1.82, 2.24) is 4.98 Å². The maximum Gasteiger partial charge on any atom is 0.182 e. The fraction of sp³-hybridized carbons (Fsp3) is 0.333. The molecule has 0 bridgehead atoms. The van der Waals surface area contributed by atoms with Gasteiger partial charge in [0.25, 0.3) is 0 Å². The van der Waals surface area contributed by atoms with Gasteiger partial charge in [-0.15, -0.1) is 0 Å². The van der Waals surface area contributed by atoms with E-state index in [2.05, 4.69) is 4.98 Å². The quantitative estimate of drug-likeness (QED) is 0.551. The summed E-state index contributed by atoms with van der Waals surface area (Å²) in [5.74, 6) is -2.02. The molecule has 1 aliphatic rings. The van der Waals surface area contributed by atoms with Crippen LogP contribution in [0.3, 0.4) is 0 Å². The Labute approximate surface area is 92.7 Å². The number of hydrogen-bond donors (Lipinski definition) is 0. The van der Waals surface area contributed by atoms with Crippen LogP contribution in [0.5, 0.6) is 0 Å². The van der Waals surface area contributed by atoms with Gasteiger partial charge in [0.2, 0.25) is 0 Å². The van der Waals surface area contributed by atoms with E-state index in [0.29, 0.717) is 24.8 Å². The summed E-state index contributed by atoms with van der Waals surface area (Å²) >= 11 is 0. The highest BCUT2D eigenvalue weighted by Gasteiger charge is 2.36. The average molecular weight is 217 g/mol. The van der Waals surface area contributed by atoms with Crippen molar-refractivity contribution in [2.24, 2.45) is 5.92 Å². The van der Waals surface area contributed by atoms with Gasteiger partial charge in [0.15, 0.2) is 17.3 Å². The molecule has 0 aromatic carbocycles. The van der Waals surface area contributed by atoms with E-state index in [9.17, 15) is 14.4 Å². The number of Topliss-reactive ketones (excluding diaryl/α,β-unsaturated/α-hetero) is 3. The molecule has 1 aromatic heterocycles. The molecular formula is C12H11NO3. The smallest absolute Gasteiger partial charge is 0.182 e. The first-order valence-electron chi connectivity index (χ1n) is 5.20. The normalized spacial score (nSPS) is 17.5. The van der Waals surface area contributed by atoms with Gasteiger partial charge >= 0.3 is 0 Å². The van der Waals surface area contributed by atoms with Crippen molar-refractivity contribution in [2.75, 3.05) is 0 Å². The maximum absolute atomic E-state index is 11.9. The number of ketones is 3. The molecule has 0 spiro atoms. The Morgan fingerprint density at radius 2 is 1.94 bits per heavy atom. The summed E-state index contributed by atoms with van der Waals surface area (Å²) in [6.07, 6.45) is 4.14. The molecule has 0 N–H and O–H groups in total. The van der Waals surface area contributed by atoms with Crippen LogP contribution >= 0.6 is 0 Å². The molecule has 16 heavy (non-hydrogen) atoms. The summed E-state index contributed by atoms with van der Waals surface area (Å²) in [6.45, 7) is 0. The standard InChI is InChI=1S/C12H11NO3/c14-9-4-1-5-10(15)11(9)12(16)8-3-2-6-13-7-8/h2-3,6-7,11H,1,4-5H2. The van der Waals surface area contributed by atoms with Crippen molar-refractivity contribution >= 4 is 17.3 Å². The van der Waals surface area contributed by atoms with Gasteiger partial charge in [0.1, 0.15) is 5.92 Å². The molecule has 0 aliphatic heterocycles. The van der Waals surface area contributed by atoms with Crippen LogP contribution in [0.4, 0.5) is 0 Å². The lowest BCUT2D eigenvalue weighted by Gasteiger charge is -2.17. The number of hydrogen-bond acceptors (Lipinski definition) is 4. The zero-order chi connectivity index (χ0) is 11.5. The zero-order valence-corrected chi connectivity index (χ0v) is 8.68. The minimum absolute atomic E-state index is 0.259. The third kappa shape index (κ3) is 1.91. The van der Waals surface area contributed by atoms with E-state index in [0.717, 1.165) is 0 Å². The largest absolute Gasteiger partial charge is 0.298 e. The van der Waals surface area contributed by atoms with Gasteiger partial charge in [-0.05, 0) is 18.6 Å². The van der Waals surface area contributed by atoms with Crippen molar-refractivity contribution in [3.05, 3.63) is 30.1 Å². The Morgan fingerprint density at radius 1 is 1.25 bits per heavy atom. The second-order valence-corrected chi connectivity index (χ2v) is 3.83. The number of carbonyl (C=O) groups is 3. The fourth-order valence-electron chi connectivity index (χ4n) is 1.87. The molecule has 0 radical (unpaired) electrons. The summed E-state index contributed by atoms with van der Waals surface area (Å²) < 4.78 is 0. The van der Waals surface area contributed by atoms with E-state index >= 15 is 0 Å². The Morgan fingerprint density at radius 3 is 2.50 bits per heavy atom. The van der Waals surface area contributed by atoms with Gasteiger partial charge in [0.05, 0.1) is 0 Å². The molecule has 2 rings (SSSR count). The number of carbonyl (C=O) groups excluding carboxylic acids is 3. The Balaban J connectivity index is 2.27. The highest BCUT2D eigenvalue weighted by molar-refractivity contribution is 6.24. The number of nitrogens with zero attached hydrogens (tertiary/aromatic N) is 1. The first-order valence-corrected chi connectivity index (χ1v) is 5.20. The van der Waals surface area contributed by atoms with Crippen molar-refractivity contribution in [1.29, 1.82) is 0 Å². The van der Waals surface area contributed by atoms with Crippen LogP contribution in [0.2, 0.25) is 0 Å². The van der Waals surface area contributed by atoms with E-state index in [1.807, 2.05) is 0 Å². The van der Waals surface area contributed by atoms with Crippen LogP contribution in [0.1, 0.15) is 29.6 Å². The van der Waals surface area contributed by atoms with Gasteiger partial charge in [-0.1, -0.05) is 0 Å². The molecule has 4 heteroatoms. The van der Waals surface area contributed by atoms with E-state index < -0.39 is 11.7 Å². The molecule has 4 nitrogen and oxygen atoms in total. The van der Waals surface area contributed by atoms with E-state index in [-0.39, 0.29) is 11.6 Å². The van der Waals surface area contributed by atoms with Gasteiger partial charge in [0, 0.05) is 30.8 Å². The second-order valence-electron chi connectivity index (χ2n) is 3.83. The van der Waals surface area contributed by atoms with Crippen LogP contribution in [-0.4, -0.2) is 22.3 Å². The fourth-order valence-corrected chi connectivity index (χ4v) is 1.87. The number of pyridine rings is 1. The molecule has 82 valence electrons. The van der Waals surface area contributed by atoms with Crippen LogP contribution in [0.15, 0.2) is 24.5 Å². The summed E-state index contributed by atoms with van der Waals surface area (Å²) in [6, 6.07) is 3.19. The van der Waals surface area contributed by atoms with Crippen molar-refractivity contribution in [3.8, 4) is 0 Å². The van der Waals surface area contributed by atoms with Crippen LogP contribution in [0.25, 0.3) is 0 Å². The number of rotatable bonds is 2. The monoisotopic (exact) mass is 217 g/mol. The SMILES string of the molecule is O=C1CCCC(=O)C1C(=O)c1cccnc1. The molecule has 0 saturated heterocycles. The molecule has 1 aromatic rings. The Bertz CT molecular complexity index is 423. The van der Waals surface area contributed by atoms with Gasteiger partial charge in [-0.25, -0.2) is 0 Å². The summed E-state index contributed by atoms with van der Waals surface area (Å²) in [5.41, 5.74) is 0.330. The zero-order valence-electron chi connectivity index (χ0n) is 8.68. The molecule has 1 aliphatic carbocycles. The second kappa shape index (κ2) is 4.35. The highest BCUT2D eigenvalue weighted by Crippen LogP contribution is 2.21. The van der Waals surface area contributed by atoms with Crippen molar-refractivity contribution in [2.45, 2.75) is 19.3 Å². The maximum atomic E-state index is 11.9. The molecule has 1 saturated carbocycles. The molecular weight excluding hydrogens is 206 g/mol. The van der Waals surface area contributed by atoms with E-state index in [1.54, 1.807) is 18.3 Å². The molecule has 0 unspecified atom stereocenters. The predicted octanol–water partition coefficient (Wildman–Crippen LogP) is 1.20. The molecule has 0 atom stereocenters. The summed E-state index contributed by atoms with van der Waals surface area (Å²) in [4.78, 5) is 38.9. The van der Waals surface area contributed by atoms with E-state index in [4.69, 9.17) is 0 Å². The summed E-state index contributed by atoms with van der Waals surface area (Å²) in [7, 11) is 0. The minimum Gasteiger partial charge on any atom is -0.298 e. The first kappa shape index (κ1) is 10.7. The van der Waals surface area contributed by atoms with Crippen LogP contribution < -0.4 is 0 Å². The molecule has 1 heterocycles. The molecule has 0 amide bonds. The summed E-state index contributed by atoms with van der Waals surface area (Å²) in [5, 5.41) is 0. The predicted molar refractivity (Wildman–Crippen MR) is 55.9 cm³/mol. The van der Waals surface area contributed by atoms with E-state index in [1.165, 1.54) is 6.20 Å². The lowest BCUT2D eigenvalue weighted by molar-refractivity contribution is -0.133. The molecule has 1 fully saturated rings. The third-order valence-electron chi connectivity index (χ3n) is 2.70. The Hall–Kier alpha value is -1.84. The van der Waals surface area contributed by atoms with Crippen LogP contribution in [-0.2, 0) is 9.59 Å². The highest BCUT2D eigenvalue weighted by atomic mass is 16.2. The van der Waals surface area contributed by atoms with Crippen molar-refractivity contribution in [3.63, 3.8) is 0 Å². The van der Waals surface area contributed by atoms with Gasteiger partial charge in [-0.2, -0.15) is 0 Å². The lowest BCUT2D eigenvalue weighted by Crippen LogP contribution is -2.35. The average Bonchev–Trinajstić information content (AvgIpc) is 2.30. The Kier molecular flexibility index (Phi) is 2.90. The van der Waals surface area contributed by atoms with Gasteiger partial charge in [-0.3, -0.25) is 19.4 Å². The first-order chi connectivity index (χ1) is 7.70. The topological polar surface area (TPSA) is 64.1 Å². The van der Waals surface area contributed by atoms with Crippen molar-refractivity contribution < 1.29 is 14.4 Å². The van der Waals surface area contributed by atoms with Crippen LogP contribution in [0, 0.1) is 5.92 Å². The number of aromatic nitrogens is 1. The third-order valence-corrected chi connectivity index (χ3v) is 2.70.